The van der Waals surface area contributed by atoms with Gasteiger partial charge in [-0.25, -0.2) is 0 Å². The molecule has 0 aliphatic rings. The van der Waals surface area contributed by atoms with Crippen molar-refractivity contribution >= 4 is 22.7 Å². The molecule has 4 heteroatoms. The Balaban J connectivity index is 3.16. The van der Waals surface area contributed by atoms with Gasteiger partial charge in [-0.3, -0.25) is 9.69 Å². The van der Waals surface area contributed by atoms with Crippen LogP contribution in [0.2, 0.25) is 0 Å². The molecule has 0 aromatic heterocycles. The number of benzene rings is 1. The molecule has 0 saturated carbocycles. The van der Waals surface area contributed by atoms with Gasteiger partial charge in [0.2, 0.25) is 0 Å². The number of hydrogen-bond donors (Lipinski definition) is 0. The number of amides is 1. The Morgan fingerprint density at radius 1 is 1.53 bits per heavy atom. The normalized spacial score (nSPS) is 9.87. The summed E-state index contributed by atoms with van der Waals surface area (Å²) >= 11 is 5.42. The molecule has 0 bridgehead atoms. The summed E-state index contributed by atoms with van der Waals surface area (Å²) in [4.78, 5) is 12.4. The number of methoxy groups -OCH3 is 1. The van der Waals surface area contributed by atoms with E-state index in [-0.39, 0.29) is 0 Å². The van der Waals surface area contributed by atoms with E-state index in [0.717, 1.165) is 12.0 Å². The van der Waals surface area contributed by atoms with Gasteiger partial charge in [-0.2, -0.15) is 0 Å². The van der Waals surface area contributed by atoms with Crippen LogP contribution in [0.15, 0.2) is 18.2 Å². The van der Waals surface area contributed by atoms with Gasteiger partial charge < -0.3 is 4.74 Å². The van der Waals surface area contributed by atoms with Crippen molar-refractivity contribution in [3.8, 4) is 5.75 Å². The first-order valence-corrected chi connectivity index (χ1v) is 5.08. The van der Waals surface area contributed by atoms with Crippen molar-refractivity contribution in [2.75, 3.05) is 19.1 Å². The Morgan fingerprint density at radius 3 is 2.67 bits per heavy atom. The SMILES string of the molecule is CCc1ccc(OC)c(N(C)C(=O)Cl)c1. The van der Waals surface area contributed by atoms with Crippen LogP contribution in [0.3, 0.4) is 0 Å². The molecule has 1 aromatic carbocycles. The molecule has 0 aliphatic heterocycles. The molecule has 3 nitrogen and oxygen atoms in total. The molecule has 82 valence electrons. The minimum atomic E-state index is -0.526. The Bertz CT molecular complexity index is 366. The van der Waals surface area contributed by atoms with Gasteiger partial charge in [0, 0.05) is 7.05 Å². The van der Waals surface area contributed by atoms with Crippen molar-refractivity contribution in [2.45, 2.75) is 13.3 Å². The first kappa shape index (κ1) is 11.9. The molecule has 15 heavy (non-hydrogen) atoms. The second-order valence-corrected chi connectivity index (χ2v) is 3.50. The average molecular weight is 228 g/mol. The van der Waals surface area contributed by atoms with Crippen molar-refractivity contribution in [1.82, 2.24) is 0 Å². The first-order valence-electron chi connectivity index (χ1n) is 4.70. The predicted octanol–water partition coefficient (Wildman–Crippen LogP) is 3.05. The Kier molecular flexibility index (Phi) is 3.97. The number of nitrogens with zero attached hydrogens (tertiary/aromatic N) is 1. The van der Waals surface area contributed by atoms with Crippen LogP contribution in [0.25, 0.3) is 0 Å². The van der Waals surface area contributed by atoms with Crippen LogP contribution in [0.4, 0.5) is 10.5 Å². The molecule has 1 rings (SSSR count). The molecular weight excluding hydrogens is 214 g/mol. The number of halogens is 1. The van der Waals surface area contributed by atoms with Gasteiger partial charge >= 0.3 is 5.37 Å². The monoisotopic (exact) mass is 227 g/mol. The van der Waals surface area contributed by atoms with Crippen LogP contribution in [0.1, 0.15) is 12.5 Å². The maximum absolute atomic E-state index is 11.0. The highest BCUT2D eigenvalue weighted by Gasteiger charge is 2.13. The van der Waals surface area contributed by atoms with Crippen molar-refractivity contribution < 1.29 is 9.53 Å². The molecule has 0 radical (unpaired) electrons. The molecule has 0 fully saturated rings. The summed E-state index contributed by atoms with van der Waals surface area (Å²) in [5.41, 5.74) is 1.83. The summed E-state index contributed by atoms with van der Waals surface area (Å²) in [6.07, 6.45) is 0.904. The minimum absolute atomic E-state index is 0.526. The molecule has 0 saturated heterocycles. The molecule has 0 atom stereocenters. The van der Waals surface area contributed by atoms with Gasteiger partial charge in [0.25, 0.3) is 0 Å². The van der Waals surface area contributed by atoms with Crippen molar-refractivity contribution in [2.24, 2.45) is 0 Å². The van der Waals surface area contributed by atoms with Gasteiger partial charge in [-0.15, -0.1) is 0 Å². The maximum atomic E-state index is 11.0. The summed E-state index contributed by atoms with van der Waals surface area (Å²) in [7, 11) is 3.18. The zero-order chi connectivity index (χ0) is 11.4. The zero-order valence-electron chi connectivity index (χ0n) is 9.08. The fourth-order valence-corrected chi connectivity index (χ4v) is 1.40. The number of carbonyl (C=O) groups excluding carboxylic acids is 1. The molecule has 0 unspecified atom stereocenters. The quantitative estimate of drug-likeness (QED) is 0.587. The van der Waals surface area contributed by atoms with E-state index in [1.54, 1.807) is 14.2 Å². The number of carbonyl (C=O) groups is 1. The van der Waals surface area contributed by atoms with Gasteiger partial charge in [-0.05, 0) is 35.7 Å². The lowest BCUT2D eigenvalue weighted by atomic mass is 10.1. The highest BCUT2D eigenvalue weighted by Crippen LogP contribution is 2.29. The van der Waals surface area contributed by atoms with Crippen LogP contribution in [0, 0.1) is 0 Å². The zero-order valence-corrected chi connectivity index (χ0v) is 9.84. The minimum Gasteiger partial charge on any atom is -0.495 e. The standard InChI is InChI=1S/C11H14ClNO2/c1-4-8-5-6-10(15-3)9(7-8)13(2)11(12)14/h5-7H,4H2,1-3H3. The van der Waals surface area contributed by atoms with Crippen LogP contribution < -0.4 is 9.64 Å². The molecule has 0 N–H and O–H groups in total. The third-order valence-electron chi connectivity index (χ3n) is 2.28. The van der Waals surface area contributed by atoms with Gasteiger partial charge in [-0.1, -0.05) is 13.0 Å². The van der Waals surface area contributed by atoms with Crippen LogP contribution in [0.5, 0.6) is 5.75 Å². The molecule has 0 aliphatic carbocycles. The van der Waals surface area contributed by atoms with Gasteiger partial charge in [0.1, 0.15) is 5.75 Å². The maximum Gasteiger partial charge on any atom is 0.320 e. The number of anilines is 1. The lowest BCUT2D eigenvalue weighted by molar-refractivity contribution is 0.265. The smallest absolute Gasteiger partial charge is 0.320 e. The van der Waals surface area contributed by atoms with E-state index in [1.165, 1.54) is 4.90 Å². The lowest BCUT2D eigenvalue weighted by Crippen LogP contribution is -2.20. The largest absolute Gasteiger partial charge is 0.495 e. The number of ether oxygens (including phenoxy) is 1. The van der Waals surface area contributed by atoms with Crippen molar-refractivity contribution in [3.05, 3.63) is 23.8 Å². The van der Waals surface area contributed by atoms with E-state index in [1.807, 2.05) is 25.1 Å². The summed E-state index contributed by atoms with van der Waals surface area (Å²) in [5, 5.41) is -0.526. The van der Waals surface area contributed by atoms with E-state index in [4.69, 9.17) is 16.3 Å². The second-order valence-electron chi connectivity index (χ2n) is 3.17. The summed E-state index contributed by atoms with van der Waals surface area (Å²) in [6.45, 7) is 2.05. The number of hydrogen-bond acceptors (Lipinski definition) is 2. The fourth-order valence-electron chi connectivity index (χ4n) is 1.31. The van der Waals surface area contributed by atoms with E-state index in [9.17, 15) is 4.79 Å². The van der Waals surface area contributed by atoms with E-state index >= 15 is 0 Å². The van der Waals surface area contributed by atoms with Crippen molar-refractivity contribution in [3.63, 3.8) is 0 Å². The summed E-state index contributed by atoms with van der Waals surface area (Å²) < 4.78 is 5.16. The number of rotatable bonds is 3. The van der Waals surface area contributed by atoms with E-state index in [2.05, 4.69) is 0 Å². The Hall–Kier alpha value is -1.22. The first-order chi connectivity index (χ1) is 7.10. The van der Waals surface area contributed by atoms with Gasteiger partial charge in [0.05, 0.1) is 12.8 Å². The van der Waals surface area contributed by atoms with Crippen molar-refractivity contribution in [1.29, 1.82) is 0 Å². The van der Waals surface area contributed by atoms with E-state index in [0.29, 0.717) is 11.4 Å². The fraction of sp³-hybridized carbons (Fsp3) is 0.364. The molecule has 0 spiro atoms. The molecule has 0 heterocycles. The number of aryl methyl sites for hydroxylation is 1. The molecule has 1 aromatic rings. The predicted molar refractivity (Wildman–Crippen MR) is 62.0 cm³/mol. The van der Waals surface area contributed by atoms with Crippen LogP contribution in [-0.4, -0.2) is 19.5 Å². The van der Waals surface area contributed by atoms with Crippen LogP contribution >= 0.6 is 11.6 Å². The summed E-state index contributed by atoms with van der Waals surface area (Å²) in [6, 6.07) is 5.71. The highest BCUT2D eigenvalue weighted by atomic mass is 35.5. The highest BCUT2D eigenvalue weighted by molar-refractivity contribution is 6.66. The Labute approximate surface area is 94.6 Å². The summed E-state index contributed by atoms with van der Waals surface area (Å²) in [5.74, 6) is 0.642. The topological polar surface area (TPSA) is 29.5 Å². The average Bonchev–Trinajstić information content (AvgIpc) is 2.27. The third kappa shape index (κ3) is 2.63. The third-order valence-corrected chi connectivity index (χ3v) is 2.53. The van der Waals surface area contributed by atoms with E-state index < -0.39 is 5.37 Å². The second kappa shape index (κ2) is 5.03. The Morgan fingerprint density at radius 2 is 2.20 bits per heavy atom. The molecular formula is C11H14ClNO2. The van der Waals surface area contributed by atoms with Gasteiger partial charge in [0.15, 0.2) is 0 Å². The molecule has 1 amide bonds. The lowest BCUT2D eigenvalue weighted by Gasteiger charge is -2.17. The van der Waals surface area contributed by atoms with Crippen LogP contribution in [-0.2, 0) is 6.42 Å².